The second kappa shape index (κ2) is 7.70. The first-order chi connectivity index (χ1) is 15.5. The average molecular weight is 455 g/mol. The van der Waals surface area contributed by atoms with E-state index in [4.69, 9.17) is 52.2 Å². The lowest BCUT2D eigenvalue weighted by Crippen LogP contribution is -2.71. The van der Waals surface area contributed by atoms with E-state index in [0.717, 1.165) is 23.3 Å². The normalized spacial score (nSPS) is 22.3. The zero-order chi connectivity index (χ0) is 23.7. The lowest BCUT2D eigenvalue weighted by atomic mass is 9.51. The smallest absolute Gasteiger partial charge is 0.274 e. The first kappa shape index (κ1) is 22.7. The molecule has 2 fully saturated rings. The summed E-state index contributed by atoms with van der Waals surface area (Å²) in [4.78, 5) is 28.8. The van der Waals surface area contributed by atoms with Gasteiger partial charge in [-0.05, 0) is 54.1 Å². The van der Waals surface area contributed by atoms with Crippen LogP contribution in [0.5, 0.6) is 0 Å². The molecule has 1 aliphatic carbocycles. The van der Waals surface area contributed by atoms with E-state index in [2.05, 4.69) is 12.1 Å². The molecule has 0 N–H and O–H groups in total. The molecule has 1 saturated heterocycles. The Morgan fingerprint density at radius 3 is 2.48 bits per heavy atom. The van der Waals surface area contributed by atoms with Crippen molar-refractivity contribution in [1.82, 2.24) is 15.0 Å². The first-order valence-electron chi connectivity index (χ1n) is 10.7. The molecule has 12 heteroatoms. The minimum atomic E-state index is -1.73. The van der Waals surface area contributed by atoms with Gasteiger partial charge in [0, 0.05) is 24.2 Å². The van der Waals surface area contributed by atoms with Gasteiger partial charge in [-0.25, -0.2) is 0 Å². The second-order valence-corrected chi connectivity index (χ2v) is 9.60. The van der Waals surface area contributed by atoms with Gasteiger partial charge >= 0.3 is 0 Å². The quantitative estimate of drug-likeness (QED) is 0.649. The molecule has 160 valence electrons. The maximum absolute atomic E-state index is 13.1. The Morgan fingerprint density at radius 1 is 1.18 bits per heavy atom. The van der Waals surface area contributed by atoms with Gasteiger partial charge in [0.05, 0.1) is 55.2 Å². The van der Waals surface area contributed by atoms with Crippen molar-refractivity contribution in [3.05, 3.63) is 40.0 Å². The Balaban J connectivity index is 1.43. The van der Waals surface area contributed by atoms with Gasteiger partial charge in [0.15, 0.2) is 11.5 Å². The minimum absolute atomic E-state index is 0.0637. The molecule has 0 spiro atoms. The number of ether oxygens (including phenoxy) is 1. The zero-order valence-electron chi connectivity index (χ0n) is 18.1. The molecular weight excluding hydrogens is 437 g/mol. The number of rotatable bonds is 4. The number of halogens is 1. The molecule has 1 unspecified atom stereocenters. The van der Waals surface area contributed by atoms with E-state index in [1.165, 1.54) is 6.07 Å². The molecule has 2 aromatic rings. The monoisotopic (exact) mass is 455 g/mol. The third kappa shape index (κ3) is 3.83. The zero-order valence-corrected chi connectivity index (χ0v) is 18.8. The Labute approximate surface area is 202 Å². The molecular formula is C21H18B4ClN3O4. The summed E-state index contributed by atoms with van der Waals surface area (Å²) in [5, 5.41) is 0.732. The molecule has 2 aliphatic heterocycles. The third-order valence-corrected chi connectivity index (χ3v) is 6.80. The fourth-order valence-corrected chi connectivity index (χ4v) is 4.95. The molecule has 3 aliphatic rings. The standard InChI is InChI=1S/C21H18B4ClN3O4/c1-10(11-2-3-11)28-7-13-4-12(5-14(26)17(13)19(28)31)16-6-15(27-33-16)18(30)29-20(22,23)8-32-9-21(29,24)25/h4-6,10-11H,2-3,7-9H2,1H3. The van der Waals surface area contributed by atoms with Gasteiger partial charge in [-0.1, -0.05) is 16.8 Å². The number of amides is 2. The Hall–Kier alpha value is -2.12. The third-order valence-electron chi connectivity index (χ3n) is 6.50. The molecule has 1 atom stereocenters. The maximum Gasteiger partial charge on any atom is 0.274 e. The van der Waals surface area contributed by atoms with Gasteiger partial charge in [-0.2, -0.15) is 0 Å². The molecule has 3 heterocycles. The van der Waals surface area contributed by atoms with Crippen molar-refractivity contribution >= 4 is 54.8 Å². The minimum Gasteiger partial charge on any atom is -0.380 e. The summed E-state index contributed by atoms with van der Waals surface area (Å²) >= 11 is 6.49. The maximum atomic E-state index is 13.1. The second-order valence-electron chi connectivity index (χ2n) is 9.20. The fraction of sp³-hybridized carbons (Fsp3) is 0.476. The average Bonchev–Trinajstić information content (AvgIpc) is 3.34. The number of nitrogens with zero attached hydrogens (tertiary/aromatic N) is 3. The van der Waals surface area contributed by atoms with Crippen molar-refractivity contribution in [2.24, 2.45) is 5.92 Å². The predicted octanol–water partition coefficient (Wildman–Crippen LogP) is 1.20. The van der Waals surface area contributed by atoms with Crippen molar-refractivity contribution in [3.63, 3.8) is 0 Å². The molecule has 1 aromatic heterocycles. The molecule has 5 rings (SSSR count). The highest BCUT2D eigenvalue weighted by Gasteiger charge is 2.44. The number of morpholine rings is 1. The van der Waals surface area contributed by atoms with Gasteiger partial charge < -0.3 is 19.1 Å². The molecule has 1 aromatic carbocycles. The molecule has 0 bridgehead atoms. The van der Waals surface area contributed by atoms with Gasteiger partial charge in [-0.3, -0.25) is 9.59 Å². The molecule has 1 saturated carbocycles. The summed E-state index contributed by atoms with van der Waals surface area (Å²) in [6.07, 6.45) is 2.27. The number of aromatic nitrogens is 1. The highest BCUT2D eigenvalue weighted by Crippen LogP contribution is 2.41. The van der Waals surface area contributed by atoms with Crippen LogP contribution in [0.3, 0.4) is 0 Å². The number of hydrogen-bond donors (Lipinski definition) is 0. The van der Waals surface area contributed by atoms with Crippen LogP contribution in [0.2, 0.25) is 5.02 Å². The predicted molar refractivity (Wildman–Crippen MR) is 124 cm³/mol. The highest BCUT2D eigenvalue weighted by atomic mass is 35.5. The Bertz CT molecular complexity index is 1130. The first-order valence-corrected chi connectivity index (χ1v) is 11.1. The highest BCUT2D eigenvalue weighted by molar-refractivity contribution is 6.46. The van der Waals surface area contributed by atoms with Gasteiger partial charge in [0.2, 0.25) is 0 Å². The van der Waals surface area contributed by atoms with E-state index in [1.807, 2.05) is 11.0 Å². The summed E-state index contributed by atoms with van der Waals surface area (Å²) < 4.78 is 10.6. The van der Waals surface area contributed by atoms with Crippen LogP contribution in [0.15, 0.2) is 22.7 Å². The number of hydrogen-bond acceptors (Lipinski definition) is 5. The Kier molecular flexibility index (Phi) is 5.29. The molecule has 2 amide bonds. The topological polar surface area (TPSA) is 75.9 Å². The fourth-order valence-electron chi connectivity index (χ4n) is 4.63. The van der Waals surface area contributed by atoms with E-state index < -0.39 is 16.6 Å². The lowest BCUT2D eigenvalue weighted by Gasteiger charge is -2.54. The molecule has 7 nitrogen and oxygen atoms in total. The summed E-state index contributed by atoms with van der Waals surface area (Å²) in [6, 6.07) is 5.05. The van der Waals surface area contributed by atoms with Gasteiger partial charge in [0.25, 0.3) is 11.8 Å². The van der Waals surface area contributed by atoms with Crippen LogP contribution < -0.4 is 0 Å². The van der Waals surface area contributed by atoms with Crippen LogP contribution in [-0.2, 0) is 11.3 Å². The summed E-state index contributed by atoms with van der Waals surface area (Å²) in [5.74, 6) is 0.0667. The van der Waals surface area contributed by atoms with E-state index in [1.54, 1.807) is 6.07 Å². The molecule has 33 heavy (non-hydrogen) atoms. The molecule has 8 radical (unpaired) electrons. The lowest BCUT2D eigenvalue weighted by molar-refractivity contribution is -0.0172. The van der Waals surface area contributed by atoms with Crippen molar-refractivity contribution in [2.75, 3.05) is 13.2 Å². The van der Waals surface area contributed by atoms with Crippen molar-refractivity contribution in [1.29, 1.82) is 0 Å². The number of fused-ring (bicyclic) bond motifs is 1. The van der Waals surface area contributed by atoms with Crippen molar-refractivity contribution in [3.8, 4) is 11.3 Å². The van der Waals surface area contributed by atoms with Crippen LogP contribution in [0.4, 0.5) is 0 Å². The van der Waals surface area contributed by atoms with Crippen molar-refractivity contribution in [2.45, 2.75) is 43.0 Å². The van der Waals surface area contributed by atoms with E-state index in [9.17, 15) is 9.59 Å². The van der Waals surface area contributed by atoms with Gasteiger partial charge in [-0.15, -0.1) is 0 Å². The summed E-state index contributed by atoms with van der Waals surface area (Å²) in [5.41, 5.74) is 1.81. The van der Waals surface area contributed by atoms with Crippen LogP contribution in [0.25, 0.3) is 11.3 Å². The van der Waals surface area contributed by atoms with E-state index >= 15 is 0 Å². The Morgan fingerprint density at radius 2 is 1.85 bits per heavy atom. The van der Waals surface area contributed by atoms with Crippen LogP contribution >= 0.6 is 11.6 Å². The van der Waals surface area contributed by atoms with E-state index in [-0.39, 0.29) is 36.6 Å². The number of carbonyl (C=O) groups excluding carboxylic acids is 2. The van der Waals surface area contributed by atoms with E-state index in [0.29, 0.717) is 28.6 Å². The van der Waals surface area contributed by atoms with Crippen molar-refractivity contribution < 1.29 is 18.8 Å². The number of benzene rings is 1. The summed E-state index contributed by atoms with van der Waals surface area (Å²) in [6.45, 7) is 2.24. The largest absolute Gasteiger partial charge is 0.380 e. The SMILES string of the molecule is [B]C1([B])COCC([B])([B])N1C(=O)c1cc(-c2cc(Cl)c3c(c2)CN(C(C)C2CC2)C3=O)on1. The van der Waals surface area contributed by atoms with Crippen LogP contribution in [-0.4, -0.2) is 88.1 Å². The van der Waals surface area contributed by atoms with Crippen LogP contribution in [0.1, 0.15) is 46.2 Å². The van der Waals surface area contributed by atoms with Crippen LogP contribution in [0, 0.1) is 5.92 Å². The van der Waals surface area contributed by atoms with Gasteiger partial charge in [0.1, 0.15) is 0 Å². The number of carbonyl (C=O) groups is 2. The summed E-state index contributed by atoms with van der Waals surface area (Å²) in [7, 11) is 24.0.